The van der Waals surface area contributed by atoms with E-state index in [1.807, 2.05) is 42.5 Å². The first kappa shape index (κ1) is 16.1. The molecule has 3 aromatic carbocycles. The van der Waals surface area contributed by atoms with Crippen molar-refractivity contribution in [2.75, 3.05) is 0 Å². The molecule has 0 aliphatic carbocycles. The van der Waals surface area contributed by atoms with Crippen LogP contribution < -0.4 is 0 Å². The van der Waals surface area contributed by atoms with Gasteiger partial charge in [-0.15, -0.1) is 11.3 Å². The zero-order chi connectivity index (χ0) is 17.9. The standard InChI is InChI=1S/C20H13N3O2S/c24-23(25)17-10-8-14(9-11-17)13-21-16-5-3-4-15(12-16)20-22-18-6-1-2-7-19(18)26-20/h1-13H. The molecule has 0 unspecified atom stereocenters. The number of benzene rings is 3. The van der Waals surface area contributed by atoms with Gasteiger partial charge in [-0.3, -0.25) is 15.1 Å². The lowest BCUT2D eigenvalue weighted by molar-refractivity contribution is -0.384. The number of nitrogens with zero attached hydrogens (tertiary/aromatic N) is 3. The van der Waals surface area contributed by atoms with Gasteiger partial charge in [0.05, 0.1) is 20.8 Å². The quantitative estimate of drug-likeness (QED) is 0.270. The summed E-state index contributed by atoms with van der Waals surface area (Å²) in [7, 11) is 0. The molecule has 0 spiro atoms. The van der Waals surface area contributed by atoms with Crippen molar-refractivity contribution in [2.45, 2.75) is 0 Å². The molecule has 0 amide bonds. The zero-order valence-corrected chi connectivity index (χ0v) is 14.4. The molecule has 0 saturated carbocycles. The molecule has 6 heteroatoms. The highest BCUT2D eigenvalue weighted by molar-refractivity contribution is 7.21. The number of thiazole rings is 1. The Labute approximate surface area is 153 Å². The monoisotopic (exact) mass is 359 g/mol. The third-order valence-electron chi connectivity index (χ3n) is 3.85. The van der Waals surface area contributed by atoms with Gasteiger partial charge in [0.15, 0.2) is 0 Å². The van der Waals surface area contributed by atoms with Crippen LogP contribution in [0.4, 0.5) is 11.4 Å². The Morgan fingerprint density at radius 3 is 2.58 bits per heavy atom. The molecule has 0 radical (unpaired) electrons. The van der Waals surface area contributed by atoms with Crippen LogP contribution in [-0.2, 0) is 0 Å². The van der Waals surface area contributed by atoms with Crippen LogP contribution in [0.25, 0.3) is 20.8 Å². The molecule has 0 aliphatic rings. The Kier molecular flexibility index (Phi) is 4.25. The fraction of sp³-hybridized carbons (Fsp3) is 0. The second-order valence-corrected chi connectivity index (χ2v) is 6.67. The number of hydrogen-bond donors (Lipinski definition) is 0. The molecular formula is C20H13N3O2S. The average molecular weight is 359 g/mol. The molecule has 0 saturated heterocycles. The Morgan fingerprint density at radius 2 is 1.81 bits per heavy atom. The first-order chi connectivity index (χ1) is 12.7. The molecule has 0 atom stereocenters. The van der Waals surface area contributed by atoms with E-state index < -0.39 is 4.92 Å². The predicted molar refractivity (Wildman–Crippen MR) is 105 cm³/mol. The summed E-state index contributed by atoms with van der Waals surface area (Å²) in [4.78, 5) is 19.4. The highest BCUT2D eigenvalue weighted by Crippen LogP contribution is 2.31. The predicted octanol–water partition coefficient (Wildman–Crippen LogP) is 5.62. The molecule has 4 aromatic rings. The van der Waals surface area contributed by atoms with E-state index in [1.165, 1.54) is 12.1 Å². The summed E-state index contributed by atoms with van der Waals surface area (Å²) in [6.07, 6.45) is 1.70. The number of aliphatic imine (C=N–C) groups is 1. The Bertz CT molecular complexity index is 1080. The number of para-hydroxylation sites is 1. The maximum Gasteiger partial charge on any atom is 0.269 e. The summed E-state index contributed by atoms with van der Waals surface area (Å²) in [5.41, 5.74) is 3.69. The lowest BCUT2D eigenvalue weighted by atomic mass is 10.2. The van der Waals surface area contributed by atoms with Crippen molar-refractivity contribution in [2.24, 2.45) is 4.99 Å². The van der Waals surface area contributed by atoms with Gasteiger partial charge in [0.1, 0.15) is 5.01 Å². The van der Waals surface area contributed by atoms with Gasteiger partial charge in [0.2, 0.25) is 0 Å². The number of nitro benzene ring substituents is 1. The third-order valence-corrected chi connectivity index (χ3v) is 4.94. The van der Waals surface area contributed by atoms with Gasteiger partial charge in [-0.2, -0.15) is 0 Å². The minimum atomic E-state index is -0.414. The van der Waals surface area contributed by atoms with Gasteiger partial charge in [-0.25, -0.2) is 4.98 Å². The first-order valence-corrected chi connectivity index (χ1v) is 8.75. The summed E-state index contributed by atoms with van der Waals surface area (Å²) in [6.45, 7) is 0. The highest BCUT2D eigenvalue weighted by atomic mass is 32.1. The maximum atomic E-state index is 10.7. The Hall–Kier alpha value is -3.38. The topological polar surface area (TPSA) is 68.4 Å². The SMILES string of the molecule is O=[N+]([O-])c1ccc(C=Nc2cccc(-c3nc4ccccc4s3)c2)cc1. The molecular weight excluding hydrogens is 346 g/mol. The van der Waals surface area contributed by atoms with Crippen LogP contribution in [0.1, 0.15) is 5.56 Å². The van der Waals surface area contributed by atoms with Crippen molar-refractivity contribution in [1.29, 1.82) is 0 Å². The van der Waals surface area contributed by atoms with Crippen LogP contribution in [0.3, 0.4) is 0 Å². The summed E-state index contributed by atoms with van der Waals surface area (Å²) in [6, 6.07) is 22.2. The number of nitro groups is 1. The van der Waals surface area contributed by atoms with E-state index in [9.17, 15) is 10.1 Å². The smallest absolute Gasteiger partial charge is 0.258 e. The average Bonchev–Trinajstić information content (AvgIpc) is 3.11. The molecule has 0 fully saturated rings. The first-order valence-electron chi connectivity index (χ1n) is 7.93. The summed E-state index contributed by atoms with van der Waals surface area (Å²) in [5.74, 6) is 0. The van der Waals surface area contributed by atoms with Crippen LogP contribution >= 0.6 is 11.3 Å². The van der Waals surface area contributed by atoms with Crippen molar-refractivity contribution in [1.82, 2.24) is 4.98 Å². The summed E-state index contributed by atoms with van der Waals surface area (Å²) >= 11 is 1.65. The zero-order valence-electron chi connectivity index (χ0n) is 13.6. The molecule has 1 aromatic heterocycles. The van der Waals surface area contributed by atoms with Crippen molar-refractivity contribution < 1.29 is 4.92 Å². The molecule has 0 bridgehead atoms. The molecule has 0 aliphatic heterocycles. The van der Waals surface area contributed by atoms with Gasteiger partial charge in [-0.1, -0.05) is 24.3 Å². The second-order valence-electron chi connectivity index (χ2n) is 5.64. The lowest BCUT2D eigenvalue weighted by Crippen LogP contribution is -1.88. The minimum absolute atomic E-state index is 0.0694. The fourth-order valence-electron chi connectivity index (χ4n) is 2.55. The van der Waals surface area contributed by atoms with Crippen molar-refractivity contribution in [3.8, 4) is 10.6 Å². The molecule has 4 rings (SSSR count). The van der Waals surface area contributed by atoms with Gasteiger partial charge >= 0.3 is 0 Å². The molecule has 26 heavy (non-hydrogen) atoms. The Balaban J connectivity index is 1.60. The Morgan fingerprint density at radius 1 is 1.00 bits per heavy atom. The third kappa shape index (κ3) is 3.36. The van der Waals surface area contributed by atoms with Crippen LogP contribution in [0.15, 0.2) is 77.8 Å². The number of fused-ring (bicyclic) bond motifs is 1. The van der Waals surface area contributed by atoms with E-state index in [4.69, 9.17) is 0 Å². The number of rotatable bonds is 4. The lowest BCUT2D eigenvalue weighted by Gasteiger charge is -1.99. The van der Waals surface area contributed by atoms with Gasteiger partial charge in [-0.05, 0) is 42.0 Å². The number of non-ortho nitro benzene ring substituents is 1. The molecule has 0 N–H and O–H groups in total. The fourth-order valence-corrected chi connectivity index (χ4v) is 3.51. The van der Waals surface area contributed by atoms with Crippen LogP contribution in [-0.4, -0.2) is 16.1 Å². The van der Waals surface area contributed by atoms with Gasteiger partial charge in [0, 0.05) is 23.9 Å². The van der Waals surface area contributed by atoms with Crippen LogP contribution in [0.2, 0.25) is 0 Å². The molecule has 126 valence electrons. The minimum Gasteiger partial charge on any atom is -0.258 e. The number of hydrogen-bond acceptors (Lipinski definition) is 5. The van der Waals surface area contributed by atoms with E-state index in [0.717, 1.165) is 32.0 Å². The van der Waals surface area contributed by atoms with E-state index >= 15 is 0 Å². The van der Waals surface area contributed by atoms with Crippen molar-refractivity contribution in [3.63, 3.8) is 0 Å². The maximum absolute atomic E-state index is 10.7. The van der Waals surface area contributed by atoms with E-state index in [2.05, 4.69) is 16.0 Å². The van der Waals surface area contributed by atoms with Gasteiger partial charge in [0.25, 0.3) is 5.69 Å². The molecule has 1 heterocycles. The highest BCUT2D eigenvalue weighted by Gasteiger charge is 2.06. The van der Waals surface area contributed by atoms with Crippen molar-refractivity contribution in [3.05, 3.63) is 88.5 Å². The van der Waals surface area contributed by atoms with E-state index in [0.29, 0.717) is 0 Å². The second kappa shape index (κ2) is 6.85. The van der Waals surface area contributed by atoms with Gasteiger partial charge < -0.3 is 0 Å². The van der Waals surface area contributed by atoms with Crippen LogP contribution in [0, 0.1) is 10.1 Å². The normalized spacial score (nSPS) is 11.2. The number of aromatic nitrogens is 1. The van der Waals surface area contributed by atoms with Crippen LogP contribution in [0.5, 0.6) is 0 Å². The van der Waals surface area contributed by atoms with Crippen molar-refractivity contribution >= 4 is 39.1 Å². The van der Waals surface area contributed by atoms with E-state index in [-0.39, 0.29) is 5.69 Å². The summed E-state index contributed by atoms with van der Waals surface area (Å²) in [5, 5.41) is 11.7. The summed E-state index contributed by atoms with van der Waals surface area (Å²) < 4.78 is 1.15. The van der Waals surface area contributed by atoms with E-state index in [1.54, 1.807) is 29.7 Å². The molecule has 5 nitrogen and oxygen atoms in total. The largest absolute Gasteiger partial charge is 0.269 e.